The Morgan fingerprint density at radius 1 is 1.29 bits per heavy atom. The predicted molar refractivity (Wildman–Crippen MR) is 109 cm³/mol. The van der Waals surface area contributed by atoms with E-state index in [2.05, 4.69) is 5.32 Å². The molecule has 2 saturated heterocycles. The number of imide groups is 1. The molecule has 0 aromatic heterocycles. The maximum atomic E-state index is 13.4. The van der Waals surface area contributed by atoms with Crippen LogP contribution in [-0.2, 0) is 19.9 Å². The Bertz CT molecular complexity index is 848. The van der Waals surface area contributed by atoms with Gasteiger partial charge in [-0.25, -0.2) is 0 Å². The summed E-state index contributed by atoms with van der Waals surface area (Å²) in [5.41, 5.74) is 0.300. The molecular weight excluding hydrogens is 398 g/mol. The number of quaternary nitrogens is 1. The molecule has 1 aromatic rings. The van der Waals surface area contributed by atoms with Crippen LogP contribution in [0.4, 0.5) is 5.69 Å². The van der Waals surface area contributed by atoms with E-state index in [-0.39, 0.29) is 23.8 Å². The van der Waals surface area contributed by atoms with Crippen molar-refractivity contribution in [2.45, 2.75) is 37.8 Å². The molecule has 3 amide bonds. The first-order valence-electron chi connectivity index (χ1n) is 9.77. The third kappa shape index (κ3) is 2.70. The zero-order chi connectivity index (χ0) is 20.1. The number of amides is 3. The van der Waals surface area contributed by atoms with Crippen LogP contribution >= 0.6 is 23.4 Å². The smallest absolute Gasteiger partial charge is 0.291 e. The van der Waals surface area contributed by atoms with E-state index in [0.29, 0.717) is 17.3 Å². The minimum Gasteiger partial charge on any atom is -0.326 e. The van der Waals surface area contributed by atoms with Crippen molar-refractivity contribution in [1.82, 2.24) is 4.90 Å². The van der Waals surface area contributed by atoms with E-state index in [1.54, 1.807) is 30.0 Å². The summed E-state index contributed by atoms with van der Waals surface area (Å²) in [6.45, 7) is 2.46. The number of halogens is 1. The SMILES string of the molecule is CCCCN1C(=O)[C@@H]2[C@H](CCSC)[NH2+][C@]3(C(=O)Nc4ccc(Cl)cc43)[C@@H]2C1=O. The Balaban J connectivity index is 1.81. The molecule has 4 rings (SSSR count). The number of likely N-dealkylation sites (tertiary alicyclic amines) is 1. The molecule has 0 saturated carbocycles. The molecule has 4 atom stereocenters. The lowest BCUT2D eigenvalue weighted by atomic mass is 9.76. The number of fused-ring (bicyclic) bond motifs is 4. The summed E-state index contributed by atoms with van der Waals surface area (Å²) in [5.74, 6) is -0.818. The Kier molecular flexibility index (Phi) is 5.18. The van der Waals surface area contributed by atoms with Crippen molar-refractivity contribution in [2.24, 2.45) is 11.8 Å². The molecule has 3 aliphatic heterocycles. The van der Waals surface area contributed by atoms with Gasteiger partial charge >= 0.3 is 0 Å². The van der Waals surface area contributed by atoms with Gasteiger partial charge in [0.05, 0.1) is 5.69 Å². The first-order valence-corrected chi connectivity index (χ1v) is 11.5. The van der Waals surface area contributed by atoms with Gasteiger partial charge in [0.15, 0.2) is 0 Å². The number of nitrogens with zero attached hydrogens (tertiary/aromatic N) is 1. The van der Waals surface area contributed by atoms with Gasteiger partial charge in [-0.2, -0.15) is 11.8 Å². The van der Waals surface area contributed by atoms with Crippen LogP contribution in [0, 0.1) is 11.8 Å². The van der Waals surface area contributed by atoms with E-state index in [1.807, 2.05) is 18.5 Å². The molecule has 1 spiro atoms. The van der Waals surface area contributed by atoms with Gasteiger partial charge in [-0.3, -0.25) is 19.3 Å². The minimum atomic E-state index is -1.11. The Morgan fingerprint density at radius 2 is 2.07 bits per heavy atom. The molecule has 150 valence electrons. The third-order valence-corrected chi connectivity index (χ3v) is 7.19. The van der Waals surface area contributed by atoms with Gasteiger partial charge in [0, 0.05) is 23.6 Å². The minimum absolute atomic E-state index is 0.101. The van der Waals surface area contributed by atoms with Crippen molar-refractivity contribution in [3.8, 4) is 0 Å². The van der Waals surface area contributed by atoms with Crippen molar-refractivity contribution in [3.05, 3.63) is 28.8 Å². The first kappa shape index (κ1) is 19.7. The van der Waals surface area contributed by atoms with Crippen LogP contribution in [0.2, 0.25) is 5.02 Å². The standard InChI is InChI=1S/C20H24ClN3O3S/c1-3-4-8-24-17(25)15-14(7-9-28-2)23-20(16(15)18(24)26)12-10-11(21)5-6-13(12)22-19(20)27/h5-6,10,14-16,23H,3-4,7-9H2,1-2H3,(H,22,27)/p+1/t14-,15+,16-,20-/m0/s1. The van der Waals surface area contributed by atoms with E-state index < -0.39 is 17.4 Å². The molecule has 3 heterocycles. The highest BCUT2D eigenvalue weighted by Crippen LogP contribution is 2.50. The highest BCUT2D eigenvalue weighted by atomic mass is 35.5. The van der Waals surface area contributed by atoms with Crippen molar-refractivity contribution in [3.63, 3.8) is 0 Å². The topological polar surface area (TPSA) is 83.1 Å². The molecule has 28 heavy (non-hydrogen) atoms. The second kappa shape index (κ2) is 7.35. The lowest BCUT2D eigenvalue weighted by Crippen LogP contribution is -2.99. The van der Waals surface area contributed by atoms with E-state index in [0.717, 1.165) is 30.6 Å². The average Bonchev–Trinajstić information content (AvgIpc) is 3.24. The summed E-state index contributed by atoms with van der Waals surface area (Å²) < 4.78 is 0. The van der Waals surface area contributed by atoms with E-state index in [4.69, 9.17) is 11.6 Å². The van der Waals surface area contributed by atoms with Crippen molar-refractivity contribution in [1.29, 1.82) is 0 Å². The molecule has 0 bridgehead atoms. The van der Waals surface area contributed by atoms with Gasteiger partial charge in [-0.05, 0) is 36.6 Å². The zero-order valence-electron chi connectivity index (χ0n) is 16.0. The summed E-state index contributed by atoms with van der Waals surface area (Å²) >= 11 is 7.95. The fraction of sp³-hybridized carbons (Fsp3) is 0.550. The number of hydrogen-bond donors (Lipinski definition) is 2. The first-order chi connectivity index (χ1) is 13.5. The number of carbonyl (C=O) groups excluding carboxylic acids is 3. The number of nitrogens with one attached hydrogen (secondary N) is 1. The van der Waals surface area contributed by atoms with Gasteiger partial charge < -0.3 is 10.6 Å². The van der Waals surface area contributed by atoms with Crippen LogP contribution in [0.25, 0.3) is 0 Å². The van der Waals surface area contributed by atoms with Crippen molar-refractivity contribution >= 4 is 46.8 Å². The normalized spacial score (nSPS) is 30.9. The number of rotatable bonds is 6. The molecule has 1 aromatic carbocycles. The van der Waals surface area contributed by atoms with Crippen LogP contribution in [0.1, 0.15) is 31.7 Å². The van der Waals surface area contributed by atoms with E-state index >= 15 is 0 Å². The number of carbonyl (C=O) groups is 3. The third-order valence-electron chi connectivity index (χ3n) is 6.31. The van der Waals surface area contributed by atoms with Gasteiger partial charge in [0.2, 0.25) is 17.4 Å². The van der Waals surface area contributed by atoms with Gasteiger partial charge in [-0.1, -0.05) is 24.9 Å². The maximum Gasteiger partial charge on any atom is 0.291 e. The molecule has 6 nitrogen and oxygen atoms in total. The van der Waals surface area contributed by atoms with Crippen LogP contribution in [0.3, 0.4) is 0 Å². The Morgan fingerprint density at radius 3 is 2.79 bits per heavy atom. The Labute approximate surface area is 173 Å². The van der Waals surface area contributed by atoms with Gasteiger partial charge in [-0.15, -0.1) is 0 Å². The van der Waals surface area contributed by atoms with Gasteiger partial charge in [0.1, 0.15) is 17.9 Å². The zero-order valence-corrected chi connectivity index (χ0v) is 17.6. The van der Waals surface area contributed by atoms with Crippen LogP contribution in [0.15, 0.2) is 18.2 Å². The average molecular weight is 423 g/mol. The summed E-state index contributed by atoms with van der Waals surface area (Å²) in [6.07, 6.45) is 4.47. The summed E-state index contributed by atoms with van der Waals surface area (Å²) in [6, 6.07) is 5.17. The number of thioether (sulfide) groups is 1. The lowest BCUT2D eigenvalue weighted by Gasteiger charge is -2.26. The molecule has 0 unspecified atom stereocenters. The second-order valence-electron chi connectivity index (χ2n) is 7.81. The van der Waals surface area contributed by atoms with Gasteiger partial charge in [0.25, 0.3) is 5.91 Å². The lowest BCUT2D eigenvalue weighted by molar-refractivity contribution is -0.733. The van der Waals surface area contributed by atoms with E-state index in [1.165, 1.54) is 4.90 Å². The maximum absolute atomic E-state index is 13.4. The molecular formula is C20H25ClN3O3S+. The number of nitrogens with two attached hydrogens (primary N) is 1. The summed E-state index contributed by atoms with van der Waals surface area (Å²) in [7, 11) is 0. The largest absolute Gasteiger partial charge is 0.326 e. The van der Waals surface area contributed by atoms with Crippen LogP contribution in [0.5, 0.6) is 0 Å². The molecule has 0 aliphatic carbocycles. The molecule has 0 radical (unpaired) electrons. The number of benzene rings is 1. The highest BCUT2D eigenvalue weighted by molar-refractivity contribution is 7.98. The molecule has 3 N–H and O–H groups in total. The van der Waals surface area contributed by atoms with Crippen LogP contribution < -0.4 is 10.6 Å². The highest BCUT2D eigenvalue weighted by Gasteiger charge is 2.73. The quantitative estimate of drug-likeness (QED) is 0.682. The number of hydrogen-bond acceptors (Lipinski definition) is 4. The van der Waals surface area contributed by atoms with E-state index in [9.17, 15) is 14.4 Å². The van der Waals surface area contributed by atoms with Crippen molar-refractivity contribution in [2.75, 3.05) is 23.9 Å². The fourth-order valence-electron chi connectivity index (χ4n) is 5.05. The summed E-state index contributed by atoms with van der Waals surface area (Å²) in [5, 5.41) is 5.42. The molecule has 3 aliphatic rings. The Hall–Kier alpha value is -1.57. The molecule has 8 heteroatoms. The second-order valence-corrected chi connectivity index (χ2v) is 9.23. The predicted octanol–water partition coefficient (Wildman–Crippen LogP) is 1.59. The number of anilines is 1. The van der Waals surface area contributed by atoms with Crippen molar-refractivity contribution < 1.29 is 19.7 Å². The van der Waals surface area contributed by atoms with Crippen LogP contribution in [-0.4, -0.2) is 47.2 Å². The summed E-state index contributed by atoms with van der Waals surface area (Å²) in [4.78, 5) is 41.2. The fourth-order valence-corrected chi connectivity index (χ4v) is 5.73. The monoisotopic (exact) mass is 422 g/mol. The molecule has 2 fully saturated rings. The number of unbranched alkanes of at least 4 members (excludes halogenated alkanes) is 1.